The molecule has 2 aromatic carbocycles. The van der Waals surface area contributed by atoms with Crippen LogP contribution in [0.15, 0.2) is 53.6 Å². The Kier molecular flexibility index (Phi) is 7.70. The van der Waals surface area contributed by atoms with Crippen LogP contribution in [0, 0.1) is 5.92 Å². The van der Waals surface area contributed by atoms with Crippen LogP contribution in [0.3, 0.4) is 0 Å². The summed E-state index contributed by atoms with van der Waals surface area (Å²) in [7, 11) is 0. The van der Waals surface area contributed by atoms with E-state index < -0.39 is 0 Å². The number of benzene rings is 2. The Hall–Kier alpha value is -3.22. The number of nitrogens with zero attached hydrogens (tertiary/aromatic N) is 2. The monoisotopic (exact) mass is 450 g/mol. The summed E-state index contributed by atoms with van der Waals surface area (Å²) >= 11 is 0. The molecule has 3 aliphatic rings. The second-order valence-electron chi connectivity index (χ2n) is 8.95. The number of carbonyl (C=O) groups is 1. The number of rotatable bonds is 7. The molecule has 1 unspecified atom stereocenters. The molecule has 2 aromatic rings. The molecule has 1 saturated heterocycles. The summed E-state index contributed by atoms with van der Waals surface area (Å²) in [5.41, 5.74) is 5.60. The maximum absolute atomic E-state index is 11.8. The van der Waals surface area contributed by atoms with E-state index in [4.69, 9.17) is 4.74 Å². The van der Waals surface area contributed by atoms with Gasteiger partial charge in [-0.3, -0.25) is 4.79 Å². The molecule has 0 aromatic heterocycles. The van der Waals surface area contributed by atoms with E-state index in [1.54, 1.807) is 24.3 Å². The van der Waals surface area contributed by atoms with Gasteiger partial charge < -0.3 is 25.5 Å². The van der Waals surface area contributed by atoms with E-state index in [1.165, 1.54) is 44.5 Å². The van der Waals surface area contributed by atoms with Crippen LogP contribution in [0.25, 0.3) is 0 Å². The highest BCUT2D eigenvalue weighted by molar-refractivity contribution is 6.39. The maximum atomic E-state index is 11.8. The standard InChI is InChI=1S/C14H19NO.C12H15N3O2/c1-2-10-15(9-1)13-5-7-14(8-6-13)16-11-12-3-4-12;1-8(9-2-4-10(16)5-3-9)14-12(17)11-6-7-13-15-11/h5-8,12H,1-4,9-11H2;2-5,8,13,16H,6-7H2,1H3,(H,14,17). The molecule has 7 nitrogen and oxygen atoms in total. The maximum Gasteiger partial charge on any atom is 0.268 e. The summed E-state index contributed by atoms with van der Waals surface area (Å²) in [4.78, 5) is 14.2. The van der Waals surface area contributed by atoms with Gasteiger partial charge in [-0.15, -0.1) is 0 Å². The van der Waals surface area contributed by atoms with Crippen molar-refractivity contribution in [3.63, 3.8) is 0 Å². The number of anilines is 1. The molecule has 2 fully saturated rings. The van der Waals surface area contributed by atoms with E-state index >= 15 is 0 Å². The molecule has 1 atom stereocenters. The number of amides is 1. The lowest BCUT2D eigenvalue weighted by Crippen LogP contribution is -2.32. The van der Waals surface area contributed by atoms with Crippen molar-refractivity contribution >= 4 is 17.3 Å². The second-order valence-corrected chi connectivity index (χ2v) is 8.95. The van der Waals surface area contributed by atoms with Gasteiger partial charge in [0, 0.05) is 31.7 Å². The molecule has 7 heteroatoms. The van der Waals surface area contributed by atoms with Gasteiger partial charge in [0.1, 0.15) is 17.2 Å². The molecule has 0 bridgehead atoms. The van der Waals surface area contributed by atoms with Gasteiger partial charge in [-0.05, 0) is 80.5 Å². The number of carbonyl (C=O) groups excluding carboxylic acids is 1. The van der Waals surface area contributed by atoms with Crippen molar-refractivity contribution in [2.75, 3.05) is 31.1 Å². The minimum absolute atomic E-state index is 0.105. The van der Waals surface area contributed by atoms with Gasteiger partial charge >= 0.3 is 0 Å². The summed E-state index contributed by atoms with van der Waals surface area (Å²) < 4.78 is 5.73. The molecule has 1 aliphatic carbocycles. The Morgan fingerprint density at radius 1 is 1.15 bits per heavy atom. The van der Waals surface area contributed by atoms with Crippen LogP contribution in [0.5, 0.6) is 11.5 Å². The fourth-order valence-electron chi connectivity index (χ4n) is 3.90. The lowest BCUT2D eigenvalue weighted by molar-refractivity contribution is -0.115. The van der Waals surface area contributed by atoms with E-state index in [-0.39, 0.29) is 17.7 Å². The second kappa shape index (κ2) is 11.1. The van der Waals surface area contributed by atoms with Crippen molar-refractivity contribution in [3.8, 4) is 11.5 Å². The van der Waals surface area contributed by atoms with Gasteiger partial charge in [0.25, 0.3) is 5.91 Å². The molecule has 33 heavy (non-hydrogen) atoms. The first kappa shape index (κ1) is 23.0. The third-order valence-corrected chi connectivity index (χ3v) is 6.18. The Morgan fingerprint density at radius 3 is 2.45 bits per heavy atom. The zero-order chi connectivity index (χ0) is 23.0. The van der Waals surface area contributed by atoms with Gasteiger partial charge in [-0.25, -0.2) is 0 Å². The van der Waals surface area contributed by atoms with Gasteiger partial charge in [-0.2, -0.15) is 5.10 Å². The van der Waals surface area contributed by atoms with Gasteiger partial charge in [0.2, 0.25) is 0 Å². The van der Waals surface area contributed by atoms with Crippen molar-refractivity contribution < 1.29 is 14.6 Å². The molecule has 176 valence electrons. The number of hydrogen-bond donors (Lipinski definition) is 3. The lowest BCUT2D eigenvalue weighted by atomic mass is 10.1. The van der Waals surface area contributed by atoms with Crippen LogP contribution >= 0.6 is 0 Å². The van der Waals surface area contributed by atoms with Crippen LogP contribution in [0.4, 0.5) is 5.69 Å². The van der Waals surface area contributed by atoms with Crippen LogP contribution < -0.4 is 20.4 Å². The molecule has 1 saturated carbocycles. The molecule has 1 amide bonds. The highest BCUT2D eigenvalue weighted by Gasteiger charge is 2.22. The third kappa shape index (κ3) is 6.88. The molecular weight excluding hydrogens is 416 g/mol. The summed E-state index contributed by atoms with van der Waals surface area (Å²) in [5.74, 6) is 1.93. The quantitative estimate of drug-likeness (QED) is 0.594. The van der Waals surface area contributed by atoms with E-state index in [0.717, 1.165) is 30.4 Å². The van der Waals surface area contributed by atoms with E-state index in [1.807, 2.05) is 6.92 Å². The number of hydrogen-bond acceptors (Lipinski definition) is 6. The average Bonchev–Trinajstić information content (AvgIpc) is 3.27. The molecule has 2 aliphatic heterocycles. The SMILES string of the molecule is CC(NC(=O)C1=NNCC1)c1ccc(O)cc1.c1cc(N2CCCC2)ccc1OCC1CC1. The molecular formula is C26H34N4O3. The number of aromatic hydroxyl groups is 1. The minimum atomic E-state index is -0.143. The summed E-state index contributed by atoms with van der Waals surface area (Å²) in [6.07, 6.45) is 6.03. The topological polar surface area (TPSA) is 86.2 Å². The van der Waals surface area contributed by atoms with Gasteiger partial charge in [-0.1, -0.05) is 12.1 Å². The highest BCUT2D eigenvalue weighted by atomic mass is 16.5. The summed E-state index contributed by atoms with van der Waals surface area (Å²) in [6, 6.07) is 15.3. The van der Waals surface area contributed by atoms with E-state index in [0.29, 0.717) is 12.1 Å². The first-order valence-corrected chi connectivity index (χ1v) is 12.0. The smallest absolute Gasteiger partial charge is 0.268 e. The van der Waals surface area contributed by atoms with E-state index in [9.17, 15) is 9.90 Å². The summed E-state index contributed by atoms with van der Waals surface area (Å²) in [5, 5.41) is 16.0. The number of nitrogens with one attached hydrogen (secondary N) is 2. The molecule has 0 spiro atoms. The van der Waals surface area contributed by atoms with E-state index in [2.05, 4.69) is 45.0 Å². The van der Waals surface area contributed by atoms with Crippen molar-refractivity contribution in [2.45, 2.75) is 45.1 Å². The van der Waals surface area contributed by atoms with Crippen LogP contribution in [-0.2, 0) is 4.79 Å². The summed E-state index contributed by atoms with van der Waals surface area (Å²) in [6.45, 7) is 5.94. The molecule has 2 heterocycles. The highest BCUT2D eigenvalue weighted by Crippen LogP contribution is 2.30. The number of hydrazone groups is 1. The van der Waals surface area contributed by atoms with Crippen molar-refractivity contribution in [2.24, 2.45) is 11.0 Å². The van der Waals surface area contributed by atoms with Gasteiger partial charge in [0.15, 0.2) is 0 Å². The van der Waals surface area contributed by atoms with Crippen molar-refractivity contribution in [3.05, 3.63) is 54.1 Å². The zero-order valence-corrected chi connectivity index (χ0v) is 19.3. The van der Waals surface area contributed by atoms with Gasteiger partial charge in [0.05, 0.1) is 12.6 Å². The first-order valence-electron chi connectivity index (χ1n) is 12.0. The Bertz CT molecular complexity index is 933. The number of ether oxygens (including phenoxy) is 1. The predicted octanol–water partition coefficient (Wildman–Crippen LogP) is 3.99. The molecule has 5 rings (SSSR count). The van der Waals surface area contributed by atoms with Crippen LogP contribution in [-0.4, -0.2) is 43.0 Å². The third-order valence-electron chi connectivity index (χ3n) is 6.18. The first-order chi connectivity index (χ1) is 16.1. The Labute approximate surface area is 195 Å². The number of phenols is 1. The van der Waals surface area contributed by atoms with Crippen molar-refractivity contribution in [1.82, 2.24) is 10.7 Å². The fraction of sp³-hybridized carbons (Fsp3) is 0.462. The Morgan fingerprint density at radius 2 is 1.85 bits per heavy atom. The minimum Gasteiger partial charge on any atom is -0.508 e. The molecule has 3 N–H and O–H groups in total. The molecule has 0 radical (unpaired) electrons. The number of phenolic OH excluding ortho intramolecular Hbond substituents is 1. The largest absolute Gasteiger partial charge is 0.508 e. The van der Waals surface area contributed by atoms with Crippen LogP contribution in [0.2, 0.25) is 0 Å². The average molecular weight is 451 g/mol. The zero-order valence-electron chi connectivity index (χ0n) is 19.3. The Balaban J connectivity index is 0.000000157. The normalized spacial score (nSPS) is 18.0. The fourth-order valence-corrected chi connectivity index (χ4v) is 3.90. The van der Waals surface area contributed by atoms with Crippen LogP contribution in [0.1, 0.15) is 50.6 Å². The van der Waals surface area contributed by atoms with Crippen molar-refractivity contribution in [1.29, 1.82) is 0 Å². The predicted molar refractivity (Wildman–Crippen MR) is 131 cm³/mol. The lowest BCUT2D eigenvalue weighted by Gasteiger charge is -2.17.